The summed E-state index contributed by atoms with van der Waals surface area (Å²) in [5, 5.41) is 2.86. The van der Waals surface area contributed by atoms with Gasteiger partial charge in [0.2, 0.25) is 0 Å². The fraction of sp³-hybridized carbons (Fsp3) is 0.316. The number of nitrogens with one attached hydrogen (secondary N) is 1. The lowest BCUT2D eigenvalue weighted by Gasteiger charge is -2.16. The van der Waals surface area contributed by atoms with Crippen molar-refractivity contribution in [3.8, 4) is 16.9 Å². The zero-order valence-corrected chi connectivity index (χ0v) is 13.3. The number of rotatable bonds is 4. The maximum Gasteiger partial charge on any atom is 0.251 e. The number of ether oxygens (including phenoxy) is 1. The fourth-order valence-corrected chi connectivity index (χ4v) is 2.81. The zero-order valence-electron chi connectivity index (χ0n) is 13.3. The highest BCUT2D eigenvalue weighted by molar-refractivity contribution is 5.99. The molecule has 0 saturated heterocycles. The van der Waals surface area contributed by atoms with Crippen molar-refractivity contribution in [2.75, 3.05) is 6.61 Å². The second-order valence-electron chi connectivity index (χ2n) is 5.79. The third-order valence-electron chi connectivity index (χ3n) is 4.23. The van der Waals surface area contributed by atoms with Crippen molar-refractivity contribution in [3.05, 3.63) is 52.6 Å². The molecule has 0 aromatic heterocycles. The maximum absolute atomic E-state index is 11.7. The number of carbonyl (C=O) groups excluding carboxylic acids is 1. The van der Waals surface area contributed by atoms with Crippen LogP contribution >= 0.6 is 0 Å². The quantitative estimate of drug-likeness (QED) is 0.925. The Morgan fingerprint density at radius 3 is 2.68 bits per heavy atom. The van der Waals surface area contributed by atoms with Crippen LogP contribution in [0.2, 0.25) is 0 Å². The topological polar surface area (TPSA) is 38.3 Å². The Morgan fingerprint density at radius 2 is 1.91 bits per heavy atom. The minimum Gasteiger partial charge on any atom is -0.493 e. The van der Waals surface area contributed by atoms with E-state index in [1.54, 1.807) is 0 Å². The third kappa shape index (κ3) is 2.47. The monoisotopic (exact) mass is 295 g/mol. The maximum atomic E-state index is 11.7. The van der Waals surface area contributed by atoms with Gasteiger partial charge in [0.05, 0.1) is 6.61 Å². The molecule has 1 N–H and O–H groups in total. The molecule has 1 amide bonds. The highest BCUT2D eigenvalue weighted by Crippen LogP contribution is 2.36. The Hall–Kier alpha value is -2.29. The molecule has 22 heavy (non-hydrogen) atoms. The highest BCUT2D eigenvalue weighted by Gasteiger charge is 2.20. The van der Waals surface area contributed by atoms with E-state index < -0.39 is 0 Å². The first-order valence-corrected chi connectivity index (χ1v) is 7.76. The van der Waals surface area contributed by atoms with Crippen molar-refractivity contribution in [2.45, 2.75) is 33.7 Å². The van der Waals surface area contributed by atoms with Gasteiger partial charge in [0.1, 0.15) is 5.75 Å². The number of hydrogen-bond acceptors (Lipinski definition) is 2. The predicted molar refractivity (Wildman–Crippen MR) is 88.3 cm³/mol. The minimum absolute atomic E-state index is 0.0177. The van der Waals surface area contributed by atoms with Crippen LogP contribution in [0.15, 0.2) is 30.3 Å². The van der Waals surface area contributed by atoms with Gasteiger partial charge in [-0.15, -0.1) is 0 Å². The van der Waals surface area contributed by atoms with Gasteiger partial charge >= 0.3 is 0 Å². The Morgan fingerprint density at radius 1 is 1.14 bits per heavy atom. The van der Waals surface area contributed by atoms with Gasteiger partial charge in [0.25, 0.3) is 5.91 Å². The van der Waals surface area contributed by atoms with E-state index >= 15 is 0 Å². The van der Waals surface area contributed by atoms with E-state index in [9.17, 15) is 4.79 Å². The summed E-state index contributed by atoms with van der Waals surface area (Å²) >= 11 is 0. The average Bonchev–Trinajstić information content (AvgIpc) is 2.89. The van der Waals surface area contributed by atoms with Crippen LogP contribution < -0.4 is 10.1 Å². The van der Waals surface area contributed by atoms with E-state index in [1.807, 2.05) is 12.1 Å². The van der Waals surface area contributed by atoms with E-state index in [-0.39, 0.29) is 5.91 Å². The molecule has 0 saturated carbocycles. The van der Waals surface area contributed by atoms with E-state index in [1.165, 1.54) is 11.1 Å². The SMILES string of the molecule is CCCOc1c(-c2ccc3c(c2)CNC3=O)ccc(C)c1C. The number of benzene rings is 2. The van der Waals surface area contributed by atoms with Crippen LogP contribution in [0.25, 0.3) is 11.1 Å². The number of aryl methyl sites for hydroxylation is 1. The van der Waals surface area contributed by atoms with Gasteiger partial charge in [-0.05, 0) is 54.7 Å². The number of amides is 1. The van der Waals surface area contributed by atoms with Gasteiger partial charge in [-0.25, -0.2) is 0 Å². The lowest BCUT2D eigenvalue weighted by Crippen LogP contribution is -2.12. The summed E-state index contributed by atoms with van der Waals surface area (Å²) in [5.74, 6) is 0.975. The molecule has 1 aliphatic rings. The van der Waals surface area contributed by atoms with Crippen LogP contribution in [0.3, 0.4) is 0 Å². The van der Waals surface area contributed by atoms with E-state index in [4.69, 9.17) is 4.74 Å². The minimum atomic E-state index is 0.0177. The van der Waals surface area contributed by atoms with Crippen molar-refractivity contribution in [3.63, 3.8) is 0 Å². The van der Waals surface area contributed by atoms with Crippen molar-refractivity contribution < 1.29 is 9.53 Å². The summed E-state index contributed by atoms with van der Waals surface area (Å²) in [4.78, 5) is 11.7. The van der Waals surface area contributed by atoms with Gasteiger partial charge in [-0.1, -0.05) is 25.1 Å². The first kappa shape index (κ1) is 14.6. The Balaban J connectivity index is 2.08. The van der Waals surface area contributed by atoms with Crippen LogP contribution in [-0.2, 0) is 6.54 Å². The second-order valence-corrected chi connectivity index (χ2v) is 5.79. The molecule has 0 unspecified atom stereocenters. The molecule has 1 aliphatic heterocycles. The van der Waals surface area contributed by atoms with E-state index in [0.29, 0.717) is 13.2 Å². The first-order valence-electron chi connectivity index (χ1n) is 7.76. The summed E-state index contributed by atoms with van der Waals surface area (Å²) < 4.78 is 6.01. The summed E-state index contributed by atoms with van der Waals surface area (Å²) in [7, 11) is 0. The highest BCUT2D eigenvalue weighted by atomic mass is 16.5. The zero-order chi connectivity index (χ0) is 15.7. The lowest BCUT2D eigenvalue weighted by atomic mass is 9.96. The number of fused-ring (bicyclic) bond motifs is 1. The first-order chi connectivity index (χ1) is 10.6. The normalized spacial score (nSPS) is 13.0. The number of hydrogen-bond donors (Lipinski definition) is 1. The molecule has 3 nitrogen and oxygen atoms in total. The molecular formula is C19H21NO2. The Kier molecular flexibility index (Phi) is 3.88. The smallest absolute Gasteiger partial charge is 0.251 e. The molecule has 0 atom stereocenters. The molecule has 3 heteroatoms. The van der Waals surface area contributed by atoms with Crippen LogP contribution in [0, 0.1) is 13.8 Å². The molecule has 1 heterocycles. The average molecular weight is 295 g/mol. The van der Waals surface area contributed by atoms with Crippen molar-refractivity contribution in [1.29, 1.82) is 0 Å². The van der Waals surface area contributed by atoms with E-state index in [2.05, 4.69) is 44.3 Å². The fourth-order valence-electron chi connectivity index (χ4n) is 2.81. The van der Waals surface area contributed by atoms with Gasteiger partial charge in [0, 0.05) is 17.7 Å². The van der Waals surface area contributed by atoms with Crippen molar-refractivity contribution in [2.24, 2.45) is 0 Å². The van der Waals surface area contributed by atoms with Gasteiger partial charge in [0.15, 0.2) is 0 Å². The molecule has 2 aromatic carbocycles. The molecule has 0 fully saturated rings. The van der Waals surface area contributed by atoms with Crippen LogP contribution in [0.4, 0.5) is 0 Å². The molecule has 0 radical (unpaired) electrons. The molecule has 0 spiro atoms. The molecule has 0 bridgehead atoms. The summed E-state index contributed by atoms with van der Waals surface area (Å²) in [6.45, 7) is 7.63. The van der Waals surface area contributed by atoms with Gasteiger partial charge < -0.3 is 10.1 Å². The Bertz CT molecular complexity index is 734. The molecule has 3 rings (SSSR count). The molecule has 114 valence electrons. The standard InChI is InChI=1S/C19H21NO2/c1-4-9-22-18-13(3)12(2)5-7-16(18)14-6-8-17-15(10-14)11-20-19(17)21/h5-8,10H,4,9,11H2,1-3H3,(H,20,21). The summed E-state index contributed by atoms with van der Waals surface area (Å²) in [5.41, 5.74) is 6.45. The summed E-state index contributed by atoms with van der Waals surface area (Å²) in [6.07, 6.45) is 0.982. The summed E-state index contributed by atoms with van der Waals surface area (Å²) in [6, 6.07) is 10.2. The second kappa shape index (κ2) is 5.84. The molecule has 0 aliphatic carbocycles. The largest absolute Gasteiger partial charge is 0.493 e. The van der Waals surface area contributed by atoms with Crippen molar-refractivity contribution in [1.82, 2.24) is 5.32 Å². The van der Waals surface area contributed by atoms with Crippen molar-refractivity contribution >= 4 is 5.91 Å². The van der Waals surface area contributed by atoms with Gasteiger partial charge in [-0.2, -0.15) is 0 Å². The third-order valence-corrected chi connectivity index (χ3v) is 4.23. The Labute approximate surface area is 131 Å². The number of carbonyl (C=O) groups is 1. The molecular weight excluding hydrogens is 274 g/mol. The predicted octanol–water partition coefficient (Wildman–Crippen LogP) is 4.00. The lowest BCUT2D eigenvalue weighted by molar-refractivity contribution is 0.0966. The molecule has 2 aromatic rings. The van der Waals surface area contributed by atoms with E-state index in [0.717, 1.165) is 34.4 Å². The van der Waals surface area contributed by atoms with Gasteiger partial charge in [-0.3, -0.25) is 4.79 Å². The van der Waals surface area contributed by atoms with Crippen LogP contribution in [0.5, 0.6) is 5.75 Å². The van der Waals surface area contributed by atoms with Crippen LogP contribution in [-0.4, -0.2) is 12.5 Å². The van der Waals surface area contributed by atoms with Crippen LogP contribution in [0.1, 0.15) is 40.4 Å².